The molecule has 0 saturated heterocycles. The van der Waals surface area contributed by atoms with Gasteiger partial charge in [0.15, 0.2) is 5.69 Å². The number of fused-ring (bicyclic) bond motifs is 1. The Balaban J connectivity index is 0.000000423. The average molecular weight is 439 g/mol. The fraction of sp³-hybridized carbons (Fsp3) is 0.263. The minimum atomic E-state index is -5.08. The first kappa shape index (κ1) is 23.6. The van der Waals surface area contributed by atoms with Crippen molar-refractivity contribution in [2.45, 2.75) is 12.7 Å². The maximum absolute atomic E-state index is 12.4. The summed E-state index contributed by atoms with van der Waals surface area (Å²) in [6, 6.07) is 11.0. The average Bonchev–Trinajstić information content (AvgIpc) is 3.13. The summed E-state index contributed by atoms with van der Waals surface area (Å²) in [5, 5.41) is 18.2. The van der Waals surface area contributed by atoms with Crippen LogP contribution < -0.4 is 10.1 Å². The zero-order valence-corrected chi connectivity index (χ0v) is 16.8. The number of anilines is 1. The summed E-state index contributed by atoms with van der Waals surface area (Å²) in [7, 11) is 5.58. The van der Waals surface area contributed by atoms with E-state index in [1.165, 1.54) is 4.63 Å². The molecule has 3 aromatic rings. The van der Waals surface area contributed by atoms with Gasteiger partial charge in [-0.15, -0.1) is 5.10 Å². The zero-order chi connectivity index (χ0) is 23.2. The monoisotopic (exact) mass is 439 g/mol. The van der Waals surface area contributed by atoms with Gasteiger partial charge in [0, 0.05) is 12.7 Å². The number of methoxy groups -OCH3 is 1. The molecule has 166 valence electrons. The lowest BCUT2D eigenvalue weighted by molar-refractivity contribution is -0.192. The summed E-state index contributed by atoms with van der Waals surface area (Å²) in [5.74, 6) is -2.45. The van der Waals surface area contributed by atoms with Crippen molar-refractivity contribution >= 4 is 23.1 Å². The van der Waals surface area contributed by atoms with E-state index in [2.05, 4.69) is 20.4 Å². The number of nitrogens with one attached hydrogen (secondary N) is 1. The molecule has 0 fully saturated rings. The molecule has 0 spiro atoms. The Morgan fingerprint density at radius 1 is 1.23 bits per heavy atom. The van der Waals surface area contributed by atoms with Crippen molar-refractivity contribution < 1.29 is 32.6 Å². The third-order valence-corrected chi connectivity index (χ3v) is 3.74. The van der Waals surface area contributed by atoms with Crippen molar-refractivity contribution in [2.24, 2.45) is 0 Å². The molecule has 31 heavy (non-hydrogen) atoms. The number of aromatic nitrogens is 3. The predicted octanol–water partition coefficient (Wildman–Crippen LogP) is 2.69. The van der Waals surface area contributed by atoms with E-state index in [4.69, 9.17) is 14.6 Å². The first-order chi connectivity index (χ1) is 14.5. The van der Waals surface area contributed by atoms with E-state index in [-0.39, 0.29) is 5.91 Å². The van der Waals surface area contributed by atoms with E-state index < -0.39 is 12.1 Å². The molecular weight excluding hydrogens is 419 g/mol. The van der Waals surface area contributed by atoms with Crippen molar-refractivity contribution in [1.29, 1.82) is 0 Å². The van der Waals surface area contributed by atoms with E-state index in [0.717, 1.165) is 17.6 Å². The number of alkyl halides is 3. The molecule has 9 nitrogen and oxygen atoms in total. The Morgan fingerprint density at radius 3 is 2.45 bits per heavy atom. The number of hydrogen-bond acceptors (Lipinski definition) is 6. The van der Waals surface area contributed by atoms with Crippen molar-refractivity contribution in [3.8, 4) is 5.75 Å². The van der Waals surface area contributed by atoms with Gasteiger partial charge in [-0.1, -0.05) is 6.07 Å². The molecule has 0 aliphatic heterocycles. The Labute approximate surface area is 175 Å². The van der Waals surface area contributed by atoms with Gasteiger partial charge in [-0.2, -0.15) is 22.9 Å². The topological polar surface area (TPSA) is 109 Å². The number of carboxylic acid groups (broad SMARTS) is 1. The van der Waals surface area contributed by atoms with E-state index in [0.29, 0.717) is 17.1 Å². The number of ether oxygens (including phenoxy) is 1. The Kier molecular flexibility index (Phi) is 7.53. The third kappa shape index (κ3) is 6.67. The second-order valence-electron chi connectivity index (χ2n) is 6.50. The number of amides is 1. The number of nitrogens with zero attached hydrogens (tertiary/aromatic N) is 4. The van der Waals surface area contributed by atoms with Gasteiger partial charge < -0.3 is 20.1 Å². The summed E-state index contributed by atoms with van der Waals surface area (Å²) in [6.45, 7) is 0.794. The van der Waals surface area contributed by atoms with E-state index in [9.17, 15) is 18.0 Å². The van der Waals surface area contributed by atoms with Crippen LogP contribution in [0.4, 0.5) is 18.9 Å². The van der Waals surface area contributed by atoms with E-state index in [1.54, 1.807) is 25.4 Å². The maximum atomic E-state index is 12.4. The molecule has 1 amide bonds. The number of carbonyl (C=O) groups is 2. The number of rotatable bonds is 5. The molecule has 0 bridgehead atoms. The lowest BCUT2D eigenvalue weighted by atomic mass is 10.1. The first-order valence-corrected chi connectivity index (χ1v) is 8.75. The lowest BCUT2D eigenvalue weighted by Crippen LogP contribution is -2.21. The first-order valence-electron chi connectivity index (χ1n) is 8.75. The molecule has 0 unspecified atom stereocenters. The molecule has 0 saturated carbocycles. The minimum absolute atomic E-state index is 0.299. The number of benzene rings is 1. The molecule has 0 aliphatic carbocycles. The molecule has 1 aromatic carbocycles. The van der Waals surface area contributed by atoms with Crippen LogP contribution in [0.1, 0.15) is 16.1 Å². The predicted molar refractivity (Wildman–Crippen MR) is 105 cm³/mol. The van der Waals surface area contributed by atoms with Crippen LogP contribution >= 0.6 is 0 Å². The Hall–Kier alpha value is -3.67. The van der Waals surface area contributed by atoms with Gasteiger partial charge in [0.1, 0.15) is 5.75 Å². The molecular formula is C19H20F3N5O4. The van der Waals surface area contributed by atoms with E-state index in [1.807, 2.05) is 38.4 Å². The van der Waals surface area contributed by atoms with Crippen LogP contribution in [-0.2, 0) is 11.3 Å². The summed E-state index contributed by atoms with van der Waals surface area (Å²) in [6.07, 6.45) is -3.46. The second kappa shape index (κ2) is 9.89. The minimum Gasteiger partial charge on any atom is -0.495 e. The molecule has 12 heteroatoms. The van der Waals surface area contributed by atoms with Crippen LogP contribution in [-0.4, -0.2) is 64.1 Å². The summed E-state index contributed by atoms with van der Waals surface area (Å²) >= 11 is 0. The summed E-state index contributed by atoms with van der Waals surface area (Å²) in [5.41, 5.74) is 2.77. The van der Waals surface area contributed by atoms with Crippen LogP contribution in [0.3, 0.4) is 0 Å². The molecule has 3 rings (SSSR count). The van der Waals surface area contributed by atoms with Gasteiger partial charge in [0.05, 0.1) is 18.3 Å². The quantitative estimate of drug-likeness (QED) is 0.629. The normalized spacial score (nSPS) is 11.1. The molecule has 0 aliphatic rings. The second-order valence-corrected chi connectivity index (χ2v) is 6.50. The summed E-state index contributed by atoms with van der Waals surface area (Å²) < 4.78 is 38.6. The standard InChI is InChI=1S/C17H19N5O2.C2HF3O2/c1-21(2)11-12-6-7-14(16(9-12)24-3)19-17(23)15-10-13-5-4-8-18-22(13)20-15;3-2(4,5)1(6)7/h4-10H,11H2,1-3H3,(H,19,23);(H,6,7). The number of hydrogen-bond donors (Lipinski definition) is 2. The highest BCUT2D eigenvalue weighted by Crippen LogP contribution is 2.26. The van der Waals surface area contributed by atoms with Gasteiger partial charge in [-0.3, -0.25) is 4.79 Å². The largest absolute Gasteiger partial charge is 0.495 e. The van der Waals surface area contributed by atoms with E-state index >= 15 is 0 Å². The highest BCUT2D eigenvalue weighted by Gasteiger charge is 2.38. The molecule has 2 N–H and O–H groups in total. The number of carboxylic acids is 1. The molecule has 2 heterocycles. The van der Waals surface area contributed by atoms with Crippen LogP contribution in [0.2, 0.25) is 0 Å². The van der Waals surface area contributed by atoms with Crippen LogP contribution in [0.15, 0.2) is 42.6 Å². The number of halogens is 3. The van der Waals surface area contributed by atoms with Crippen LogP contribution in [0.25, 0.3) is 5.52 Å². The lowest BCUT2D eigenvalue weighted by Gasteiger charge is -2.14. The van der Waals surface area contributed by atoms with Gasteiger partial charge in [0.2, 0.25) is 0 Å². The number of aliphatic carboxylic acids is 1. The molecule has 0 atom stereocenters. The summed E-state index contributed by atoms with van der Waals surface area (Å²) in [4.78, 5) is 23.4. The fourth-order valence-corrected chi connectivity index (χ4v) is 2.44. The highest BCUT2D eigenvalue weighted by atomic mass is 19.4. The SMILES string of the molecule is COc1cc(CN(C)C)ccc1NC(=O)c1cc2cccnn2n1.O=C(O)C(F)(F)F. The zero-order valence-electron chi connectivity index (χ0n) is 16.8. The highest BCUT2D eigenvalue weighted by molar-refractivity contribution is 6.04. The van der Waals surface area contributed by atoms with Gasteiger partial charge in [-0.05, 0) is 50.0 Å². The van der Waals surface area contributed by atoms with Crippen LogP contribution in [0, 0.1) is 0 Å². The van der Waals surface area contributed by atoms with Crippen molar-refractivity contribution in [3.05, 3.63) is 53.9 Å². The third-order valence-electron chi connectivity index (χ3n) is 3.74. The van der Waals surface area contributed by atoms with Gasteiger partial charge in [-0.25, -0.2) is 4.79 Å². The molecule has 0 radical (unpaired) electrons. The smallest absolute Gasteiger partial charge is 0.490 e. The van der Waals surface area contributed by atoms with Gasteiger partial charge >= 0.3 is 12.1 Å². The fourth-order valence-electron chi connectivity index (χ4n) is 2.44. The van der Waals surface area contributed by atoms with Crippen molar-refractivity contribution in [1.82, 2.24) is 19.7 Å². The Bertz CT molecular complexity index is 1030. The molecule has 2 aromatic heterocycles. The van der Waals surface area contributed by atoms with Gasteiger partial charge in [0.25, 0.3) is 5.91 Å². The van der Waals surface area contributed by atoms with Crippen molar-refractivity contribution in [3.63, 3.8) is 0 Å². The maximum Gasteiger partial charge on any atom is 0.490 e. The number of carbonyl (C=O) groups excluding carboxylic acids is 1. The Morgan fingerprint density at radius 2 is 1.90 bits per heavy atom. The van der Waals surface area contributed by atoms with Crippen LogP contribution in [0.5, 0.6) is 5.75 Å². The van der Waals surface area contributed by atoms with Crippen molar-refractivity contribution in [2.75, 3.05) is 26.5 Å².